The molecule has 0 bridgehead atoms. The molecule has 0 fully saturated rings. The lowest BCUT2D eigenvalue weighted by Gasteiger charge is -2.19. The molecule has 0 N–H and O–H groups in total. The number of ether oxygens (including phenoxy) is 8. The lowest BCUT2D eigenvalue weighted by Crippen LogP contribution is -2.15. The molecular formula is C40H62O10. The Kier molecular flexibility index (Phi) is 22.1. The van der Waals surface area contributed by atoms with E-state index in [2.05, 4.69) is 41.5 Å². The Labute approximate surface area is 300 Å². The fraction of sp³-hybridized carbons (Fsp3) is 0.650. The summed E-state index contributed by atoms with van der Waals surface area (Å²) in [5.74, 6) is 1.58. The Morgan fingerprint density at radius 3 is 0.860 bits per heavy atom. The molecule has 0 aliphatic rings. The highest BCUT2D eigenvalue weighted by Crippen LogP contribution is 2.41. The molecule has 0 amide bonds. The fourth-order valence-corrected chi connectivity index (χ4v) is 4.48. The van der Waals surface area contributed by atoms with Gasteiger partial charge in [0.1, 0.15) is 13.2 Å². The third-order valence-corrected chi connectivity index (χ3v) is 7.57. The molecular weight excluding hydrogens is 640 g/mol. The molecule has 0 unspecified atom stereocenters. The SMILES string of the molecule is CCCCOc1cc(C(=O)OCCOC(=O)c2cc(OCCCC)c(OCCCC)c(OCCCC)c2)cc(OCCCC)c1OCCCC. The van der Waals surface area contributed by atoms with Crippen molar-refractivity contribution in [2.45, 2.75) is 119 Å². The van der Waals surface area contributed by atoms with E-state index in [0.29, 0.717) is 74.1 Å². The maximum absolute atomic E-state index is 13.2. The Hall–Kier alpha value is -3.82. The topological polar surface area (TPSA) is 108 Å². The van der Waals surface area contributed by atoms with Gasteiger partial charge in [0.05, 0.1) is 50.8 Å². The van der Waals surface area contributed by atoms with E-state index in [1.54, 1.807) is 24.3 Å². The van der Waals surface area contributed by atoms with Gasteiger partial charge in [0.2, 0.25) is 11.5 Å². The quantitative estimate of drug-likeness (QED) is 0.0600. The minimum atomic E-state index is -0.589. The van der Waals surface area contributed by atoms with E-state index in [-0.39, 0.29) is 24.3 Å². The molecule has 0 spiro atoms. The second kappa shape index (κ2) is 26.1. The van der Waals surface area contributed by atoms with Gasteiger partial charge in [-0.15, -0.1) is 0 Å². The molecule has 50 heavy (non-hydrogen) atoms. The van der Waals surface area contributed by atoms with Crippen LogP contribution in [-0.2, 0) is 9.47 Å². The van der Waals surface area contributed by atoms with Crippen LogP contribution < -0.4 is 28.4 Å². The predicted octanol–water partition coefficient (Wildman–Crippen LogP) is 9.77. The van der Waals surface area contributed by atoms with Crippen LogP contribution >= 0.6 is 0 Å². The van der Waals surface area contributed by atoms with Crippen LogP contribution in [0.15, 0.2) is 24.3 Å². The molecule has 0 radical (unpaired) electrons. The summed E-state index contributed by atoms with van der Waals surface area (Å²) < 4.78 is 47.5. The van der Waals surface area contributed by atoms with Crippen LogP contribution in [0.4, 0.5) is 0 Å². The van der Waals surface area contributed by atoms with Gasteiger partial charge in [0.15, 0.2) is 23.0 Å². The van der Waals surface area contributed by atoms with Crippen LogP contribution in [0.1, 0.15) is 139 Å². The van der Waals surface area contributed by atoms with Crippen molar-refractivity contribution in [2.75, 3.05) is 52.9 Å². The van der Waals surface area contributed by atoms with E-state index < -0.39 is 11.9 Å². The van der Waals surface area contributed by atoms with E-state index in [9.17, 15) is 9.59 Å². The largest absolute Gasteiger partial charge is 0.490 e. The first-order valence-electron chi connectivity index (χ1n) is 18.9. The Morgan fingerprint density at radius 2 is 0.620 bits per heavy atom. The minimum absolute atomic E-state index is 0.144. The normalized spacial score (nSPS) is 10.8. The van der Waals surface area contributed by atoms with Gasteiger partial charge in [-0.2, -0.15) is 0 Å². The standard InChI is InChI=1S/C40H62O10/c1-7-13-19-43-33-27-31(28-34(44-20-14-8-2)37(33)47-23-17-11-5)39(41)49-25-26-50-40(42)32-29-35(45-21-15-9-3)38(48-24-18-12-6)36(30-32)46-22-16-10-4/h27-30H,7-26H2,1-6H3. The summed E-state index contributed by atoms with van der Waals surface area (Å²) >= 11 is 0. The second-order valence-electron chi connectivity index (χ2n) is 12.1. The number of hydrogen-bond acceptors (Lipinski definition) is 10. The molecule has 0 saturated heterocycles. The lowest BCUT2D eigenvalue weighted by molar-refractivity contribution is 0.0264. The maximum Gasteiger partial charge on any atom is 0.338 e. The first-order chi connectivity index (χ1) is 24.4. The van der Waals surface area contributed by atoms with E-state index in [1.807, 2.05) is 0 Å². The summed E-state index contributed by atoms with van der Waals surface area (Å²) in [5.41, 5.74) is 0.525. The number of esters is 2. The van der Waals surface area contributed by atoms with Crippen molar-refractivity contribution in [3.63, 3.8) is 0 Å². The summed E-state index contributed by atoms with van der Waals surface area (Å²) in [5, 5.41) is 0. The Morgan fingerprint density at radius 1 is 0.380 bits per heavy atom. The van der Waals surface area contributed by atoms with Crippen LogP contribution in [0, 0.1) is 0 Å². The van der Waals surface area contributed by atoms with Gasteiger partial charge in [0.25, 0.3) is 0 Å². The average molecular weight is 703 g/mol. The number of unbranched alkanes of at least 4 members (excludes halogenated alkanes) is 6. The van der Waals surface area contributed by atoms with Crippen molar-refractivity contribution in [2.24, 2.45) is 0 Å². The fourth-order valence-electron chi connectivity index (χ4n) is 4.48. The summed E-state index contributed by atoms with van der Waals surface area (Å²) in [4.78, 5) is 26.4. The van der Waals surface area contributed by atoms with Crippen LogP contribution in [-0.4, -0.2) is 64.8 Å². The second-order valence-corrected chi connectivity index (χ2v) is 12.1. The zero-order valence-electron chi connectivity index (χ0n) is 31.5. The first-order valence-corrected chi connectivity index (χ1v) is 18.9. The Bertz CT molecular complexity index is 1090. The number of benzene rings is 2. The van der Waals surface area contributed by atoms with Gasteiger partial charge >= 0.3 is 11.9 Å². The van der Waals surface area contributed by atoms with Gasteiger partial charge in [0, 0.05) is 0 Å². The van der Waals surface area contributed by atoms with Crippen LogP contribution in [0.5, 0.6) is 34.5 Å². The molecule has 0 saturated carbocycles. The molecule has 10 heteroatoms. The van der Waals surface area contributed by atoms with Gasteiger partial charge in [-0.1, -0.05) is 80.1 Å². The number of rotatable bonds is 29. The maximum atomic E-state index is 13.2. The van der Waals surface area contributed by atoms with Crippen LogP contribution in [0.3, 0.4) is 0 Å². The van der Waals surface area contributed by atoms with Crippen molar-refractivity contribution in [1.82, 2.24) is 0 Å². The highest BCUT2D eigenvalue weighted by Gasteiger charge is 2.22. The smallest absolute Gasteiger partial charge is 0.338 e. The third kappa shape index (κ3) is 15.4. The van der Waals surface area contributed by atoms with Gasteiger partial charge < -0.3 is 37.9 Å². The lowest BCUT2D eigenvalue weighted by atomic mass is 10.1. The van der Waals surface area contributed by atoms with Gasteiger partial charge in [-0.3, -0.25) is 0 Å². The summed E-state index contributed by atoms with van der Waals surface area (Å²) in [7, 11) is 0. The van der Waals surface area contributed by atoms with E-state index in [0.717, 1.165) is 77.0 Å². The molecule has 282 valence electrons. The predicted molar refractivity (Wildman–Crippen MR) is 196 cm³/mol. The van der Waals surface area contributed by atoms with Gasteiger partial charge in [-0.05, 0) is 62.8 Å². The van der Waals surface area contributed by atoms with Crippen molar-refractivity contribution in [3.05, 3.63) is 35.4 Å². The third-order valence-electron chi connectivity index (χ3n) is 7.57. The van der Waals surface area contributed by atoms with Gasteiger partial charge in [-0.25, -0.2) is 9.59 Å². The molecule has 10 nitrogen and oxygen atoms in total. The van der Waals surface area contributed by atoms with E-state index >= 15 is 0 Å². The minimum Gasteiger partial charge on any atom is -0.490 e. The van der Waals surface area contributed by atoms with Crippen molar-refractivity contribution in [1.29, 1.82) is 0 Å². The molecule has 0 aliphatic carbocycles. The number of hydrogen-bond donors (Lipinski definition) is 0. The summed E-state index contributed by atoms with van der Waals surface area (Å²) in [6.45, 7) is 15.2. The van der Waals surface area contributed by atoms with Crippen molar-refractivity contribution < 1.29 is 47.5 Å². The van der Waals surface area contributed by atoms with E-state index in [1.165, 1.54) is 0 Å². The number of carbonyl (C=O) groups is 2. The zero-order chi connectivity index (χ0) is 36.4. The molecule has 2 aromatic rings. The molecule has 2 aromatic carbocycles. The van der Waals surface area contributed by atoms with Crippen molar-refractivity contribution in [3.8, 4) is 34.5 Å². The molecule has 0 atom stereocenters. The van der Waals surface area contributed by atoms with Crippen LogP contribution in [0.25, 0.3) is 0 Å². The summed E-state index contributed by atoms with van der Waals surface area (Å²) in [6.07, 6.45) is 11.0. The van der Waals surface area contributed by atoms with Crippen molar-refractivity contribution >= 4 is 11.9 Å². The highest BCUT2D eigenvalue weighted by atomic mass is 16.6. The number of carbonyl (C=O) groups excluding carboxylic acids is 2. The monoisotopic (exact) mass is 702 g/mol. The highest BCUT2D eigenvalue weighted by molar-refractivity contribution is 5.92. The Balaban J connectivity index is 2.20. The zero-order valence-corrected chi connectivity index (χ0v) is 31.5. The van der Waals surface area contributed by atoms with E-state index in [4.69, 9.17) is 37.9 Å². The molecule has 0 aliphatic heterocycles. The summed E-state index contributed by atoms with van der Waals surface area (Å²) in [6, 6.07) is 6.51. The van der Waals surface area contributed by atoms with Crippen LogP contribution in [0.2, 0.25) is 0 Å². The average Bonchev–Trinajstić information content (AvgIpc) is 3.11. The first kappa shape index (κ1) is 42.3. The molecule has 2 rings (SSSR count). The molecule has 0 heterocycles. The molecule has 0 aromatic heterocycles.